The van der Waals surface area contributed by atoms with Crippen LogP contribution in [-0.2, 0) is 14.8 Å². The molecule has 7 heteroatoms. The van der Waals surface area contributed by atoms with Crippen molar-refractivity contribution in [1.82, 2.24) is 4.72 Å². The van der Waals surface area contributed by atoms with E-state index in [0.717, 1.165) is 19.3 Å². The lowest BCUT2D eigenvalue weighted by atomic mass is 9.80. The maximum Gasteiger partial charge on any atom is 0.241 e. The summed E-state index contributed by atoms with van der Waals surface area (Å²) >= 11 is 3.22. The van der Waals surface area contributed by atoms with Gasteiger partial charge in [0, 0.05) is 23.8 Å². The zero-order chi connectivity index (χ0) is 14.1. The van der Waals surface area contributed by atoms with E-state index in [1.165, 1.54) is 6.07 Å². The summed E-state index contributed by atoms with van der Waals surface area (Å²) in [6.45, 7) is 0.294. The number of nitrogens with two attached hydrogens (primary N) is 1. The van der Waals surface area contributed by atoms with Gasteiger partial charge in [0.1, 0.15) is 0 Å². The van der Waals surface area contributed by atoms with Gasteiger partial charge in [-0.1, -0.05) is 0 Å². The van der Waals surface area contributed by atoms with Gasteiger partial charge in [0.15, 0.2) is 0 Å². The van der Waals surface area contributed by atoms with E-state index in [1.807, 2.05) is 0 Å². The van der Waals surface area contributed by atoms with Crippen molar-refractivity contribution < 1.29 is 13.2 Å². The van der Waals surface area contributed by atoms with E-state index in [2.05, 4.69) is 20.7 Å². The lowest BCUT2D eigenvalue weighted by Crippen LogP contribution is -2.49. The Morgan fingerprint density at radius 3 is 2.63 bits per heavy atom. The number of nitrogen functional groups attached to an aromatic ring is 1. The average molecular weight is 349 g/mol. The molecule has 0 bridgehead atoms. The summed E-state index contributed by atoms with van der Waals surface area (Å²) in [5, 5.41) is 0. The van der Waals surface area contributed by atoms with Crippen molar-refractivity contribution in [1.29, 1.82) is 0 Å². The van der Waals surface area contributed by atoms with Crippen LogP contribution in [0.1, 0.15) is 19.3 Å². The number of nitrogens with one attached hydrogen (secondary N) is 1. The average Bonchev–Trinajstić information content (AvgIpc) is 2.27. The van der Waals surface area contributed by atoms with Gasteiger partial charge >= 0.3 is 0 Å². The van der Waals surface area contributed by atoms with Crippen LogP contribution in [0, 0.1) is 0 Å². The Hall–Kier alpha value is -0.630. The first-order valence-corrected chi connectivity index (χ1v) is 8.26. The first-order valence-electron chi connectivity index (χ1n) is 5.98. The van der Waals surface area contributed by atoms with E-state index in [1.54, 1.807) is 19.2 Å². The second-order valence-electron chi connectivity index (χ2n) is 4.76. The molecule has 106 valence electrons. The van der Waals surface area contributed by atoms with Crippen LogP contribution in [0.5, 0.6) is 0 Å². The summed E-state index contributed by atoms with van der Waals surface area (Å²) in [4.78, 5) is 0.187. The topological polar surface area (TPSA) is 81.4 Å². The van der Waals surface area contributed by atoms with Crippen LogP contribution in [-0.4, -0.2) is 27.7 Å². The summed E-state index contributed by atoms with van der Waals surface area (Å²) in [7, 11) is -1.94. The van der Waals surface area contributed by atoms with Crippen molar-refractivity contribution in [2.24, 2.45) is 0 Å². The molecule has 1 aromatic carbocycles. The Labute approximate surface area is 121 Å². The maximum atomic E-state index is 12.2. The monoisotopic (exact) mass is 348 g/mol. The fourth-order valence-electron chi connectivity index (χ4n) is 2.06. The van der Waals surface area contributed by atoms with Crippen LogP contribution in [0.2, 0.25) is 0 Å². The molecular weight excluding hydrogens is 332 g/mol. The lowest BCUT2D eigenvalue weighted by molar-refractivity contribution is -0.0659. The fourth-order valence-corrected chi connectivity index (χ4v) is 4.27. The van der Waals surface area contributed by atoms with Gasteiger partial charge in [-0.3, -0.25) is 0 Å². The largest absolute Gasteiger partial charge is 0.399 e. The molecule has 1 aromatic rings. The Kier molecular flexibility index (Phi) is 4.20. The van der Waals surface area contributed by atoms with Crippen LogP contribution < -0.4 is 10.5 Å². The third kappa shape index (κ3) is 3.10. The van der Waals surface area contributed by atoms with Crippen molar-refractivity contribution in [2.45, 2.75) is 29.8 Å². The van der Waals surface area contributed by atoms with Crippen LogP contribution in [0.15, 0.2) is 27.6 Å². The SMILES string of the molecule is COC1(CNS(=O)(=O)c2ccc(N)cc2Br)CCC1. The van der Waals surface area contributed by atoms with Gasteiger partial charge in [0.2, 0.25) is 10.0 Å². The van der Waals surface area contributed by atoms with E-state index in [0.29, 0.717) is 16.7 Å². The Morgan fingerprint density at radius 2 is 2.16 bits per heavy atom. The van der Waals surface area contributed by atoms with Crippen molar-refractivity contribution >= 4 is 31.6 Å². The highest BCUT2D eigenvalue weighted by Crippen LogP contribution is 2.34. The van der Waals surface area contributed by atoms with Crippen molar-refractivity contribution in [2.75, 3.05) is 19.4 Å². The highest BCUT2D eigenvalue weighted by molar-refractivity contribution is 9.10. The number of rotatable bonds is 5. The molecule has 2 rings (SSSR count). The van der Waals surface area contributed by atoms with E-state index < -0.39 is 10.0 Å². The van der Waals surface area contributed by atoms with Gasteiger partial charge in [0.25, 0.3) is 0 Å². The molecule has 0 unspecified atom stereocenters. The molecule has 1 aliphatic rings. The highest BCUT2D eigenvalue weighted by atomic mass is 79.9. The first kappa shape index (κ1) is 14.8. The molecular formula is C12H17BrN2O3S. The first-order chi connectivity index (χ1) is 8.88. The Balaban J connectivity index is 2.14. The van der Waals surface area contributed by atoms with Crippen LogP contribution in [0.3, 0.4) is 0 Å². The fraction of sp³-hybridized carbons (Fsp3) is 0.500. The number of methoxy groups -OCH3 is 1. The molecule has 5 nitrogen and oxygen atoms in total. The van der Waals surface area contributed by atoms with Gasteiger partial charge in [-0.05, 0) is 53.4 Å². The molecule has 0 amide bonds. The van der Waals surface area contributed by atoms with E-state index in [9.17, 15) is 8.42 Å². The number of sulfonamides is 1. The molecule has 1 saturated carbocycles. The minimum atomic E-state index is -3.56. The molecule has 0 heterocycles. The number of benzene rings is 1. The van der Waals surface area contributed by atoms with E-state index in [4.69, 9.17) is 10.5 Å². The van der Waals surface area contributed by atoms with Gasteiger partial charge in [0.05, 0.1) is 10.5 Å². The number of hydrogen-bond donors (Lipinski definition) is 2. The Bertz CT molecular complexity index is 565. The number of halogens is 1. The van der Waals surface area contributed by atoms with Gasteiger partial charge < -0.3 is 10.5 Å². The summed E-state index contributed by atoms with van der Waals surface area (Å²) < 4.78 is 32.9. The lowest BCUT2D eigenvalue weighted by Gasteiger charge is -2.40. The minimum Gasteiger partial charge on any atom is -0.399 e. The second-order valence-corrected chi connectivity index (χ2v) is 7.34. The molecule has 0 spiro atoms. The maximum absolute atomic E-state index is 12.2. The second kappa shape index (κ2) is 5.40. The molecule has 3 N–H and O–H groups in total. The number of hydrogen-bond acceptors (Lipinski definition) is 4. The molecule has 0 radical (unpaired) electrons. The van der Waals surface area contributed by atoms with E-state index in [-0.39, 0.29) is 10.5 Å². The normalized spacial score (nSPS) is 18.0. The van der Waals surface area contributed by atoms with Crippen molar-refractivity contribution in [3.8, 4) is 0 Å². The zero-order valence-corrected chi connectivity index (χ0v) is 13.1. The number of ether oxygens (including phenoxy) is 1. The number of anilines is 1. The zero-order valence-electron chi connectivity index (χ0n) is 10.6. The van der Waals surface area contributed by atoms with Crippen LogP contribution in [0.4, 0.5) is 5.69 Å². The molecule has 0 atom stereocenters. The summed E-state index contributed by atoms with van der Waals surface area (Å²) in [5.74, 6) is 0. The molecule has 1 aliphatic carbocycles. The van der Waals surface area contributed by atoms with Crippen molar-refractivity contribution in [3.05, 3.63) is 22.7 Å². The minimum absolute atomic E-state index is 0.187. The van der Waals surface area contributed by atoms with Gasteiger partial charge in [-0.2, -0.15) is 0 Å². The molecule has 0 aliphatic heterocycles. The quantitative estimate of drug-likeness (QED) is 0.796. The third-order valence-electron chi connectivity index (χ3n) is 3.53. The van der Waals surface area contributed by atoms with Crippen molar-refractivity contribution in [3.63, 3.8) is 0 Å². The molecule has 0 aromatic heterocycles. The molecule has 19 heavy (non-hydrogen) atoms. The summed E-state index contributed by atoms with van der Waals surface area (Å²) in [6.07, 6.45) is 2.84. The smallest absolute Gasteiger partial charge is 0.241 e. The predicted octanol–water partition coefficient (Wildman–Crippen LogP) is 1.88. The third-order valence-corrected chi connectivity index (χ3v) is 5.91. The Morgan fingerprint density at radius 1 is 1.47 bits per heavy atom. The summed E-state index contributed by atoms with van der Waals surface area (Å²) in [6, 6.07) is 4.63. The van der Waals surface area contributed by atoms with Crippen LogP contribution in [0.25, 0.3) is 0 Å². The molecule has 0 saturated heterocycles. The standard InChI is InChI=1S/C12H17BrN2O3S/c1-18-12(5-2-6-12)8-15-19(16,17)11-4-3-9(14)7-10(11)13/h3-4,7,15H,2,5-6,8,14H2,1H3. The van der Waals surface area contributed by atoms with E-state index >= 15 is 0 Å². The van der Waals surface area contributed by atoms with Gasteiger partial charge in [-0.25, -0.2) is 13.1 Å². The van der Waals surface area contributed by atoms with Crippen LogP contribution >= 0.6 is 15.9 Å². The highest BCUT2D eigenvalue weighted by Gasteiger charge is 2.38. The predicted molar refractivity (Wildman–Crippen MR) is 77.3 cm³/mol. The molecule has 1 fully saturated rings. The van der Waals surface area contributed by atoms with Gasteiger partial charge in [-0.15, -0.1) is 0 Å². The summed E-state index contributed by atoms with van der Waals surface area (Å²) in [5.41, 5.74) is 5.77.